The Bertz CT molecular complexity index is 1500. The van der Waals surface area contributed by atoms with Gasteiger partial charge in [-0.1, -0.05) is 54.6 Å². The van der Waals surface area contributed by atoms with Crippen molar-refractivity contribution in [2.45, 2.75) is 19.5 Å². The number of fused-ring (bicyclic) bond motifs is 1. The molecular formula is C29H21F2NO3. The monoisotopic (exact) mass is 469 g/mol. The molecule has 4 aromatic carbocycles. The van der Waals surface area contributed by atoms with E-state index in [4.69, 9.17) is 0 Å². The Labute approximate surface area is 200 Å². The van der Waals surface area contributed by atoms with Gasteiger partial charge in [0.15, 0.2) is 0 Å². The van der Waals surface area contributed by atoms with Crippen molar-refractivity contribution in [3.63, 3.8) is 0 Å². The first-order valence-electron chi connectivity index (χ1n) is 11.1. The van der Waals surface area contributed by atoms with Crippen molar-refractivity contribution in [3.8, 4) is 0 Å². The maximum Gasteiger partial charge on any atom is 0.295 e. The minimum absolute atomic E-state index is 0.0396. The first kappa shape index (κ1) is 22.5. The molecular weight excluding hydrogens is 448 g/mol. The summed E-state index contributed by atoms with van der Waals surface area (Å²) in [7, 11) is 0. The average Bonchev–Trinajstić information content (AvgIpc) is 3.11. The highest BCUT2D eigenvalue weighted by Gasteiger charge is 2.46. The molecule has 5 rings (SSSR count). The fraction of sp³-hybridized carbons (Fsp3) is 0.103. The van der Waals surface area contributed by atoms with E-state index in [-0.39, 0.29) is 23.4 Å². The lowest BCUT2D eigenvalue weighted by Gasteiger charge is -2.26. The summed E-state index contributed by atoms with van der Waals surface area (Å²) in [5, 5.41) is 13.0. The minimum Gasteiger partial charge on any atom is -0.507 e. The summed E-state index contributed by atoms with van der Waals surface area (Å²) in [6.45, 7) is 1.60. The molecule has 1 heterocycles. The van der Waals surface area contributed by atoms with Crippen LogP contribution in [0.25, 0.3) is 16.5 Å². The smallest absolute Gasteiger partial charge is 0.295 e. The van der Waals surface area contributed by atoms with Crippen molar-refractivity contribution in [2.75, 3.05) is 0 Å². The Morgan fingerprint density at radius 2 is 1.63 bits per heavy atom. The molecule has 1 unspecified atom stereocenters. The molecule has 0 aliphatic carbocycles. The summed E-state index contributed by atoms with van der Waals surface area (Å²) in [4.78, 5) is 28.0. The predicted octanol–water partition coefficient (Wildman–Crippen LogP) is 6.05. The van der Waals surface area contributed by atoms with Gasteiger partial charge in [0.05, 0.1) is 11.6 Å². The topological polar surface area (TPSA) is 57.6 Å². The second-order valence-corrected chi connectivity index (χ2v) is 8.59. The van der Waals surface area contributed by atoms with Gasteiger partial charge in [-0.25, -0.2) is 8.78 Å². The molecule has 174 valence electrons. The maximum atomic E-state index is 13.9. The molecule has 1 fully saturated rings. The number of Topliss-reactive ketones (excluding diaryl/α,β-unsaturated/α-hetero) is 1. The summed E-state index contributed by atoms with van der Waals surface area (Å²) in [5.41, 5.74) is 1.78. The second-order valence-electron chi connectivity index (χ2n) is 8.59. The lowest BCUT2D eigenvalue weighted by Crippen LogP contribution is -2.29. The van der Waals surface area contributed by atoms with Crippen LogP contribution in [0.1, 0.15) is 28.3 Å². The largest absolute Gasteiger partial charge is 0.507 e. The highest BCUT2D eigenvalue weighted by molar-refractivity contribution is 6.46. The summed E-state index contributed by atoms with van der Waals surface area (Å²) >= 11 is 0. The van der Waals surface area contributed by atoms with Crippen molar-refractivity contribution in [2.24, 2.45) is 0 Å². The van der Waals surface area contributed by atoms with Gasteiger partial charge in [0.1, 0.15) is 17.4 Å². The zero-order valence-corrected chi connectivity index (χ0v) is 18.8. The molecule has 1 aliphatic rings. The number of hydrogen-bond acceptors (Lipinski definition) is 3. The van der Waals surface area contributed by atoms with E-state index in [1.807, 2.05) is 42.5 Å². The highest BCUT2D eigenvalue weighted by Crippen LogP contribution is 2.42. The Hall–Kier alpha value is -4.32. The standard InChI is InChI=1S/C29H21F2NO3/c1-17-15-20(11-14-24(17)31)27(33)25-26(23-8-4-6-19-5-2-3-7-22(19)23)32(29(35)28(25)34)16-18-9-12-21(30)13-10-18/h2-15,26,33H,16H2,1H3/b27-25-. The zero-order valence-electron chi connectivity index (χ0n) is 18.8. The van der Waals surface area contributed by atoms with Gasteiger partial charge in [0, 0.05) is 12.1 Å². The first-order chi connectivity index (χ1) is 16.8. The van der Waals surface area contributed by atoms with Gasteiger partial charge in [-0.3, -0.25) is 9.59 Å². The molecule has 1 N–H and O–H groups in total. The number of nitrogens with zero attached hydrogens (tertiary/aromatic N) is 1. The molecule has 0 radical (unpaired) electrons. The fourth-order valence-corrected chi connectivity index (χ4v) is 4.59. The highest BCUT2D eigenvalue weighted by atomic mass is 19.1. The molecule has 0 aromatic heterocycles. The number of aryl methyl sites for hydroxylation is 1. The van der Waals surface area contributed by atoms with E-state index in [0.717, 1.165) is 10.8 Å². The number of likely N-dealkylation sites (tertiary alicyclic amines) is 1. The van der Waals surface area contributed by atoms with Crippen LogP contribution in [0.2, 0.25) is 0 Å². The number of carbonyl (C=O) groups is 2. The van der Waals surface area contributed by atoms with E-state index in [0.29, 0.717) is 16.7 Å². The Morgan fingerprint density at radius 3 is 2.37 bits per heavy atom. The number of carbonyl (C=O) groups excluding carboxylic acids is 2. The van der Waals surface area contributed by atoms with Gasteiger partial charge in [-0.15, -0.1) is 0 Å². The van der Waals surface area contributed by atoms with Crippen LogP contribution in [0.3, 0.4) is 0 Å². The van der Waals surface area contributed by atoms with E-state index in [2.05, 4.69) is 0 Å². The molecule has 4 aromatic rings. The average molecular weight is 469 g/mol. The Balaban J connectivity index is 1.73. The third-order valence-electron chi connectivity index (χ3n) is 6.36. The number of hydrogen-bond donors (Lipinski definition) is 1. The van der Waals surface area contributed by atoms with Crippen molar-refractivity contribution in [1.82, 2.24) is 4.90 Å². The predicted molar refractivity (Wildman–Crippen MR) is 129 cm³/mol. The van der Waals surface area contributed by atoms with E-state index in [1.54, 1.807) is 19.1 Å². The van der Waals surface area contributed by atoms with E-state index in [9.17, 15) is 23.5 Å². The van der Waals surface area contributed by atoms with Gasteiger partial charge in [0.25, 0.3) is 11.7 Å². The quantitative estimate of drug-likeness (QED) is 0.225. The minimum atomic E-state index is -0.892. The molecule has 1 saturated heterocycles. The van der Waals surface area contributed by atoms with Gasteiger partial charge in [-0.2, -0.15) is 0 Å². The van der Waals surface area contributed by atoms with Gasteiger partial charge in [-0.05, 0) is 64.7 Å². The molecule has 1 amide bonds. The van der Waals surface area contributed by atoms with Gasteiger partial charge >= 0.3 is 0 Å². The normalized spacial score (nSPS) is 17.3. The van der Waals surface area contributed by atoms with Crippen LogP contribution < -0.4 is 0 Å². The van der Waals surface area contributed by atoms with Crippen LogP contribution in [0.15, 0.2) is 90.5 Å². The summed E-state index contributed by atoms with van der Waals surface area (Å²) < 4.78 is 27.3. The van der Waals surface area contributed by atoms with Crippen LogP contribution >= 0.6 is 0 Å². The molecule has 35 heavy (non-hydrogen) atoms. The number of benzene rings is 4. The lowest BCUT2D eigenvalue weighted by molar-refractivity contribution is -0.140. The molecule has 1 aliphatic heterocycles. The van der Waals surface area contributed by atoms with Crippen LogP contribution in [0, 0.1) is 18.6 Å². The third-order valence-corrected chi connectivity index (χ3v) is 6.36. The second kappa shape index (κ2) is 8.80. The first-order valence-corrected chi connectivity index (χ1v) is 11.1. The zero-order chi connectivity index (χ0) is 24.7. The Kier molecular flexibility index (Phi) is 5.65. The van der Waals surface area contributed by atoms with E-state index < -0.39 is 29.4 Å². The number of aliphatic hydroxyl groups is 1. The number of halogens is 2. The summed E-state index contributed by atoms with van der Waals surface area (Å²) in [5.74, 6) is -2.82. The number of rotatable bonds is 4. The molecule has 0 saturated carbocycles. The van der Waals surface area contributed by atoms with Crippen molar-refractivity contribution >= 4 is 28.2 Å². The molecule has 4 nitrogen and oxygen atoms in total. The summed E-state index contributed by atoms with van der Waals surface area (Å²) in [6, 6.07) is 22.0. The fourth-order valence-electron chi connectivity index (χ4n) is 4.59. The van der Waals surface area contributed by atoms with Crippen molar-refractivity contribution < 1.29 is 23.5 Å². The third kappa shape index (κ3) is 3.97. The molecule has 1 atom stereocenters. The van der Waals surface area contributed by atoms with Crippen LogP contribution in [0.4, 0.5) is 8.78 Å². The molecule has 0 bridgehead atoms. The molecule has 6 heteroatoms. The van der Waals surface area contributed by atoms with Crippen LogP contribution in [-0.2, 0) is 16.1 Å². The van der Waals surface area contributed by atoms with Crippen LogP contribution in [0.5, 0.6) is 0 Å². The van der Waals surface area contributed by atoms with Crippen molar-refractivity contribution in [1.29, 1.82) is 0 Å². The molecule has 0 spiro atoms. The van der Waals surface area contributed by atoms with Gasteiger partial charge in [0.2, 0.25) is 0 Å². The SMILES string of the molecule is Cc1cc(/C(O)=C2/C(=O)C(=O)N(Cc3ccc(F)cc3)C2c2cccc3ccccc23)ccc1F. The van der Waals surface area contributed by atoms with Crippen LogP contribution in [-0.4, -0.2) is 21.7 Å². The summed E-state index contributed by atoms with van der Waals surface area (Å²) in [6.07, 6.45) is 0. The number of ketones is 1. The van der Waals surface area contributed by atoms with E-state index >= 15 is 0 Å². The number of amides is 1. The van der Waals surface area contributed by atoms with Gasteiger partial charge < -0.3 is 10.0 Å². The lowest BCUT2D eigenvalue weighted by atomic mass is 9.91. The van der Waals surface area contributed by atoms with Crippen molar-refractivity contribution in [3.05, 3.63) is 124 Å². The maximum absolute atomic E-state index is 13.9. The van der Waals surface area contributed by atoms with E-state index in [1.165, 1.54) is 35.2 Å². The Morgan fingerprint density at radius 1 is 0.914 bits per heavy atom. The number of aliphatic hydroxyl groups excluding tert-OH is 1.